The van der Waals surface area contributed by atoms with Crippen LogP contribution in [0.15, 0.2) is 36.4 Å². The van der Waals surface area contributed by atoms with Gasteiger partial charge in [0, 0.05) is 5.02 Å². The van der Waals surface area contributed by atoms with Gasteiger partial charge in [-0.3, -0.25) is 4.79 Å². The first-order valence-corrected chi connectivity index (χ1v) is 7.75. The average molecular weight is 389 g/mol. The van der Waals surface area contributed by atoms with Crippen molar-refractivity contribution in [1.29, 1.82) is 0 Å². The van der Waals surface area contributed by atoms with Crippen molar-refractivity contribution in [3.05, 3.63) is 47.0 Å². The molecule has 2 aromatic carbocycles. The number of carbonyl (C=O) groups excluding carboxylic acids is 1. The van der Waals surface area contributed by atoms with Gasteiger partial charge in [-0.2, -0.15) is 13.2 Å². The van der Waals surface area contributed by atoms with Crippen molar-refractivity contribution < 1.29 is 27.4 Å². The van der Waals surface area contributed by atoms with Crippen LogP contribution in [0.5, 0.6) is 5.75 Å². The average Bonchev–Trinajstić information content (AvgIpc) is 2.59. The van der Waals surface area contributed by atoms with Gasteiger partial charge < -0.3 is 20.1 Å². The zero-order valence-corrected chi connectivity index (χ0v) is 14.7. The van der Waals surface area contributed by atoms with Gasteiger partial charge in [0.1, 0.15) is 12.3 Å². The number of nitrogens with one attached hydrogen (secondary N) is 2. The van der Waals surface area contributed by atoms with Gasteiger partial charge in [-0.15, -0.1) is 0 Å². The van der Waals surface area contributed by atoms with Crippen molar-refractivity contribution in [2.24, 2.45) is 0 Å². The highest BCUT2D eigenvalue weighted by Gasteiger charge is 2.31. The fourth-order valence-corrected chi connectivity index (χ4v) is 2.31. The molecule has 2 rings (SSSR count). The summed E-state index contributed by atoms with van der Waals surface area (Å²) in [5.74, 6) is -0.165. The Bertz CT molecular complexity index is 797. The first kappa shape index (κ1) is 19.7. The molecule has 0 bridgehead atoms. The number of halogens is 4. The van der Waals surface area contributed by atoms with Crippen molar-refractivity contribution in [3.63, 3.8) is 0 Å². The number of esters is 1. The molecule has 26 heavy (non-hydrogen) atoms. The molecule has 140 valence electrons. The summed E-state index contributed by atoms with van der Waals surface area (Å²) < 4.78 is 48.7. The summed E-state index contributed by atoms with van der Waals surface area (Å²) in [6.45, 7) is -0.292. The second-order valence-electron chi connectivity index (χ2n) is 5.16. The van der Waals surface area contributed by atoms with Gasteiger partial charge in [-0.05, 0) is 36.4 Å². The molecule has 0 saturated heterocycles. The van der Waals surface area contributed by atoms with Gasteiger partial charge in [0.05, 0.1) is 36.8 Å². The highest BCUT2D eigenvalue weighted by molar-refractivity contribution is 6.31. The largest absolute Gasteiger partial charge is 0.495 e. The molecular formula is C17H16ClF3N2O3. The Labute approximate surface area is 153 Å². The van der Waals surface area contributed by atoms with E-state index in [2.05, 4.69) is 15.4 Å². The number of hydrogen-bond acceptors (Lipinski definition) is 5. The summed E-state index contributed by atoms with van der Waals surface area (Å²) in [5.41, 5.74) is -0.0101. The molecule has 9 heteroatoms. The predicted octanol–water partition coefficient (Wildman–Crippen LogP) is 4.70. The SMILES string of the molecule is COC(=O)CNc1cc(C(F)(F)F)ccc1Nc1cc(Cl)ccc1OC. The van der Waals surface area contributed by atoms with E-state index in [1.54, 1.807) is 18.2 Å². The van der Waals surface area contributed by atoms with E-state index in [-0.39, 0.29) is 12.2 Å². The molecule has 0 spiro atoms. The van der Waals surface area contributed by atoms with Crippen molar-refractivity contribution in [2.45, 2.75) is 6.18 Å². The molecule has 0 atom stereocenters. The summed E-state index contributed by atoms with van der Waals surface area (Å²) in [6.07, 6.45) is -4.52. The van der Waals surface area contributed by atoms with E-state index in [1.807, 2.05) is 0 Å². The topological polar surface area (TPSA) is 59.6 Å². The van der Waals surface area contributed by atoms with E-state index in [0.29, 0.717) is 22.1 Å². The van der Waals surface area contributed by atoms with Gasteiger partial charge in [0.2, 0.25) is 0 Å². The summed E-state index contributed by atoms with van der Waals surface area (Å²) >= 11 is 5.97. The standard InChI is InChI=1S/C17H16ClF3N2O3/c1-25-15-6-4-11(18)8-14(15)23-12-5-3-10(17(19,20)21)7-13(12)22-9-16(24)26-2/h3-8,22-23H,9H2,1-2H3. The summed E-state index contributed by atoms with van der Waals surface area (Å²) in [6, 6.07) is 7.90. The van der Waals surface area contributed by atoms with Gasteiger partial charge in [0.15, 0.2) is 0 Å². The van der Waals surface area contributed by atoms with Crippen molar-refractivity contribution in [3.8, 4) is 5.75 Å². The number of ether oxygens (including phenoxy) is 2. The first-order chi connectivity index (χ1) is 12.2. The van der Waals surface area contributed by atoms with Crippen LogP contribution in [0, 0.1) is 0 Å². The number of hydrogen-bond donors (Lipinski definition) is 2. The van der Waals surface area contributed by atoms with E-state index in [0.717, 1.165) is 12.1 Å². The second kappa shape index (κ2) is 8.18. The maximum absolute atomic E-state index is 13.0. The van der Waals surface area contributed by atoms with Crippen LogP contribution in [0.3, 0.4) is 0 Å². The summed E-state index contributed by atoms with van der Waals surface area (Å²) in [4.78, 5) is 11.3. The Kier molecular flexibility index (Phi) is 6.20. The summed E-state index contributed by atoms with van der Waals surface area (Å²) in [5, 5.41) is 6.02. The molecule has 2 aromatic rings. The lowest BCUT2D eigenvalue weighted by atomic mass is 10.1. The third-order valence-corrected chi connectivity index (χ3v) is 3.66. The van der Waals surface area contributed by atoms with Gasteiger partial charge in [-0.1, -0.05) is 11.6 Å². The first-order valence-electron chi connectivity index (χ1n) is 7.37. The van der Waals surface area contributed by atoms with Crippen LogP contribution in [0.25, 0.3) is 0 Å². The number of methoxy groups -OCH3 is 2. The van der Waals surface area contributed by atoms with E-state index >= 15 is 0 Å². The van der Waals surface area contributed by atoms with Crippen LogP contribution in [-0.2, 0) is 15.7 Å². The Hall–Kier alpha value is -2.61. The van der Waals surface area contributed by atoms with E-state index in [9.17, 15) is 18.0 Å². The lowest BCUT2D eigenvalue weighted by molar-refractivity contribution is -0.138. The zero-order chi connectivity index (χ0) is 19.3. The van der Waals surface area contributed by atoms with Gasteiger partial charge in [-0.25, -0.2) is 0 Å². The molecule has 0 heterocycles. The van der Waals surface area contributed by atoms with Crippen LogP contribution >= 0.6 is 11.6 Å². The van der Waals surface area contributed by atoms with Crippen LogP contribution in [-0.4, -0.2) is 26.7 Å². The minimum absolute atomic E-state index is 0.0762. The number of anilines is 3. The molecule has 0 fully saturated rings. The monoisotopic (exact) mass is 388 g/mol. The number of alkyl halides is 3. The molecule has 0 unspecified atom stereocenters. The molecule has 0 aliphatic rings. The van der Waals surface area contributed by atoms with Crippen molar-refractivity contribution in [2.75, 3.05) is 31.4 Å². The molecule has 0 aliphatic carbocycles. The van der Waals surface area contributed by atoms with Crippen molar-refractivity contribution in [1.82, 2.24) is 0 Å². The smallest absolute Gasteiger partial charge is 0.416 e. The van der Waals surface area contributed by atoms with Crippen LogP contribution in [0.1, 0.15) is 5.56 Å². The predicted molar refractivity (Wildman–Crippen MR) is 93.2 cm³/mol. The zero-order valence-electron chi connectivity index (χ0n) is 13.9. The Balaban J connectivity index is 2.40. The Morgan fingerprint density at radius 3 is 2.42 bits per heavy atom. The molecule has 0 aliphatic heterocycles. The molecule has 5 nitrogen and oxygen atoms in total. The van der Waals surface area contributed by atoms with E-state index < -0.39 is 17.7 Å². The minimum Gasteiger partial charge on any atom is -0.495 e. The molecule has 0 aromatic heterocycles. The lowest BCUT2D eigenvalue weighted by Crippen LogP contribution is -2.16. The Morgan fingerprint density at radius 1 is 1.08 bits per heavy atom. The van der Waals surface area contributed by atoms with Gasteiger partial charge >= 0.3 is 12.1 Å². The number of rotatable bonds is 6. The fourth-order valence-electron chi connectivity index (χ4n) is 2.14. The van der Waals surface area contributed by atoms with Crippen LogP contribution in [0.2, 0.25) is 5.02 Å². The second-order valence-corrected chi connectivity index (χ2v) is 5.59. The normalized spacial score (nSPS) is 11.0. The highest BCUT2D eigenvalue weighted by Crippen LogP contribution is 2.37. The third-order valence-electron chi connectivity index (χ3n) is 3.43. The van der Waals surface area contributed by atoms with E-state index in [1.165, 1.54) is 20.3 Å². The molecule has 0 amide bonds. The number of carbonyl (C=O) groups is 1. The molecule has 2 N–H and O–H groups in total. The van der Waals surface area contributed by atoms with Gasteiger partial charge in [0.25, 0.3) is 0 Å². The highest BCUT2D eigenvalue weighted by atomic mass is 35.5. The minimum atomic E-state index is -4.52. The summed E-state index contributed by atoms with van der Waals surface area (Å²) in [7, 11) is 2.64. The quantitative estimate of drug-likeness (QED) is 0.703. The maximum atomic E-state index is 13.0. The van der Waals surface area contributed by atoms with Crippen molar-refractivity contribution >= 4 is 34.6 Å². The molecule has 0 radical (unpaired) electrons. The van der Waals surface area contributed by atoms with Crippen LogP contribution in [0.4, 0.5) is 30.2 Å². The molecule has 0 saturated carbocycles. The fraction of sp³-hybridized carbons (Fsp3) is 0.235. The maximum Gasteiger partial charge on any atom is 0.416 e. The van der Waals surface area contributed by atoms with E-state index in [4.69, 9.17) is 16.3 Å². The third kappa shape index (κ3) is 4.95. The Morgan fingerprint density at radius 2 is 1.81 bits per heavy atom. The van der Waals surface area contributed by atoms with Crippen LogP contribution < -0.4 is 15.4 Å². The number of benzene rings is 2. The molecular weight excluding hydrogens is 373 g/mol. The lowest BCUT2D eigenvalue weighted by Gasteiger charge is -2.17.